The number of carbonyl (C=O) groups excluding carboxylic acids is 1. The molecule has 0 atom stereocenters. The van der Waals surface area contributed by atoms with Crippen molar-refractivity contribution in [2.24, 2.45) is 0 Å². The van der Waals surface area contributed by atoms with Crippen LogP contribution >= 0.6 is 0 Å². The van der Waals surface area contributed by atoms with Crippen LogP contribution in [0.15, 0.2) is 66.0 Å². The van der Waals surface area contributed by atoms with E-state index in [0.717, 1.165) is 0 Å². The zero-order chi connectivity index (χ0) is 17.6. The first-order valence-corrected chi connectivity index (χ1v) is 7.64. The van der Waals surface area contributed by atoms with Gasteiger partial charge < -0.3 is 5.32 Å². The molecule has 1 aromatic carbocycles. The Hall–Kier alpha value is -3.35. The molecule has 0 aliphatic carbocycles. The van der Waals surface area contributed by atoms with Crippen LogP contribution in [0.4, 0.5) is 4.39 Å². The van der Waals surface area contributed by atoms with Crippen molar-refractivity contribution in [3.05, 3.63) is 82.9 Å². The molecule has 3 aromatic rings. The smallest absolute Gasteiger partial charge is 0.253 e. The molecule has 0 aliphatic rings. The Morgan fingerprint density at radius 2 is 2.00 bits per heavy atom. The van der Waals surface area contributed by atoms with Gasteiger partial charge in [0, 0.05) is 37.1 Å². The third kappa shape index (κ3) is 4.14. The van der Waals surface area contributed by atoms with Gasteiger partial charge in [0.05, 0.1) is 17.6 Å². The summed E-state index contributed by atoms with van der Waals surface area (Å²) >= 11 is 0. The van der Waals surface area contributed by atoms with Crippen molar-refractivity contribution in [3.63, 3.8) is 0 Å². The lowest BCUT2D eigenvalue weighted by molar-refractivity contribution is 0.0952. The average Bonchev–Trinajstić information content (AvgIpc) is 2.64. The molecular formula is C18H15FN4O2. The number of hydrogen-bond acceptors (Lipinski definition) is 4. The topological polar surface area (TPSA) is 76.9 Å². The molecule has 25 heavy (non-hydrogen) atoms. The standard InChI is InChI=1S/C18H15FN4O2/c19-15-5-3-13(4-6-15)16-10-17(24)23(12-22-16)9-8-21-18(25)14-2-1-7-20-11-14/h1-7,10-12H,8-9H2,(H,21,25). The van der Waals surface area contributed by atoms with E-state index in [1.807, 2.05) is 0 Å². The summed E-state index contributed by atoms with van der Waals surface area (Å²) in [6.45, 7) is 0.576. The Balaban J connectivity index is 1.63. The van der Waals surface area contributed by atoms with Crippen molar-refractivity contribution in [2.75, 3.05) is 6.54 Å². The van der Waals surface area contributed by atoms with Gasteiger partial charge >= 0.3 is 0 Å². The van der Waals surface area contributed by atoms with Gasteiger partial charge in [-0.1, -0.05) is 0 Å². The van der Waals surface area contributed by atoms with E-state index >= 15 is 0 Å². The molecule has 0 fully saturated rings. The number of hydrogen-bond donors (Lipinski definition) is 1. The summed E-state index contributed by atoms with van der Waals surface area (Å²) in [5, 5.41) is 2.72. The molecule has 0 unspecified atom stereocenters. The summed E-state index contributed by atoms with van der Waals surface area (Å²) in [4.78, 5) is 32.1. The number of carbonyl (C=O) groups is 1. The molecule has 0 aliphatic heterocycles. The van der Waals surface area contributed by atoms with Crippen LogP contribution in [-0.4, -0.2) is 27.0 Å². The Labute approximate surface area is 143 Å². The predicted molar refractivity (Wildman–Crippen MR) is 90.5 cm³/mol. The van der Waals surface area contributed by atoms with Gasteiger partial charge in [-0.05, 0) is 36.4 Å². The lowest BCUT2D eigenvalue weighted by Gasteiger charge is -2.08. The average molecular weight is 338 g/mol. The Morgan fingerprint density at radius 3 is 2.68 bits per heavy atom. The van der Waals surface area contributed by atoms with E-state index in [1.165, 1.54) is 35.3 Å². The van der Waals surface area contributed by atoms with E-state index in [4.69, 9.17) is 0 Å². The summed E-state index contributed by atoms with van der Waals surface area (Å²) in [5.41, 5.74) is 1.35. The van der Waals surface area contributed by atoms with E-state index in [9.17, 15) is 14.0 Å². The van der Waals surface area contributed by atoms with Gasteiger partial charge in [0.2, 0.25) is 0 Å². The molecule has 0 radical (unpaired) electrons. The van der Waals surface area contributed by atoms with Crippen molar-refractivity contribution < 1.29 is 9.18 Å². The highest BCUT2D eigenvalue weighted by atomic mass is 19.1. The molecule has 1 N–H and O–H groups in total. The quantitative estimate of drug-likeness (QED) is 0.770. The first-order chi connectivity index (χ1) is 12.1. The Morgan fingerprint density at radius 1 is 1.20 bits per heavy atom. The van der Waals surface area contributed by atoms with Gasteiger partial charge in [-0.3, -0.25) is 19.1 Å². The third-order valence-corrected chi connectivity index (χ3v) is 3.58. The van der Waals surface area contributed by atoms with Crippen LogP contribution < -0.4 is 10.9 Å². The Bertz CT molecular complexity index is 924. The molecular weight excluding hydrogens is 323 g/mol. The molecule has 3 rings (SSSR count). The molecule has 0 bridgehead atoms. The van der Waals surface area contributed by atoms with E-state index in [1.54, 1.807) is 30.5 Å². The fourth-order valence-electron chi connectivity index (χ4n) is 2.26. The summed E-state index contributed by atoms with van der Waals surface area (Å²) in [7, 11) is 0. The maximum Gasteiger partial charge on any atom is 0.253 e. The number of nitrogens with one attached hydrogen (secondary N) is 1. The normalized spacial score (nSPS) is 10.4. The highest BCUT2D eigenvalue weighted by molar-refractivity contribution is 5.93. The van der Waals surface area contributed by atoms with Gasteiger partial charge in [0.1, 0.15) is 5.82 Å². The van der Waals surface area contributed by atoms with Crippen LogP contribution in [0.1, 0.15) is 10.4 Å². The molecule has 0 spiro atoms. The maximum absolute atomic E-state index is 12.9. The molecule has 1 amide bonds. The van der Waals surface area contributed by atoms with Crippen molar-refractivity contribution in [3.8, 4) is 11.3 Å². The summed E-state index contributed by atoms with van der Waals surface area (Å²) < 4.78 is 14.3. The van der Waals surface area contributed by atoms with Gasteiger partial charge in [-0.15, -0.1) is 0 Å². The minimum absolute atomic E-state index is 0.245. The van der Waals surface area contributed by atoms with E-state index in [-0.39, 0.29) is 23.8 Å². The second kappa shape index (κ2) is 7.48. The SMILES string of the molecule is O=C(NCCn1cnc(-c2ccc(F)cc2)cc1=O)c1cccnc1. The highest BCUT2D eigenvalue weighted by Gasteiger charge is 2.06. The summed E-state index contributed by atoms with van der Waals surface area (Å²) in [6.07, 6.45) is 4.47. The number of nitrogens with zero attached hydrogens (tertiary/aromatic N) is 3. The number of rotatable bonds is 5. The van der Waals surface area contributed by atoms with Crippen LogP contribution in [0.5, 0.6) is 0 Å². The minimum Gasteiger partial charge on any atom is -0.350 e. The van der Waals surface area contributed by atoms with Crippen LogP contribution in [0.3, 0.4) is 0 Å². The van der Waals surface area contributed by atoms with Crippen molar-refractivity contribution in [1.29, 1.82) is 0 Å². The summed E-state index contributed by atoms with van der Waals surface area (Å²) in [5.74, 6) is -0.599. The lowest BCUT2D eigenvalue weighted by atomic mass is 10.1. The number of halogens is 1. The largest absolute Gasteiger partial charge is 0.350 e. The predicted octanol–water partition coefficient (Wildman–Crippen LogP) is 1.87. The van der Waals surface area contributed by atoms with Crippen LogP contribution in [-0.2, 0) is 6.54 Å². The fourth-order valence-corrected chi connectivity index (χ4v) is 2.26. The van der Waals surface area contributed by atoms with Crippen molar-refractivity contribution in [1.82, 2.24) is 19.9 Å². The van der Waals surface area contributed by atoms with Gasteiger partial charge in [0.25, 0.3) is 11.5 Å². The van der Waals surface area contributed by atoms with Crippen molar-refractivity contribution in [2.45, 2.75) is 6.54 Å². The second-order valence-electron chi connectivity index (χ2n) is 5.31. The molecule has 2 aromatic heterocycles. The molecule has 2 heterocycles. The first-order valence-electron chi connectivity index (χ1n) is 7.64. The van der Waals surface area contributed by atoms with E-state index in [2.05, 4.69) is 15.3 Å². The highest BCUT2D eigenvalue weighted by Crippen LogP contribution is 2.14. The van der Waals surface area contributed by atoms with Crippen LogP contribution in [0.25, 0.3) is 11.3 Å². The lowest BCUT2D eigenvalue weighted by Crippen LogP contribution is -2.30. The van der Waals surface area contributed by atoms with E-state index < -0.39 is 0 Å². The van der Waals surface area contributed by atoms with Crippen LogP contribution in [0, 0.1) is 5.82 Å². The monoisotopic (exact) mass is 338 g/mol. The first kappa shape index (κ1) is 16.5. The van der Waals surface area contributed by atoms with Gasteiger partial charge in [-0.2, -0.15) is 0 Å². The molecule has 6 nitrogen and oxygen atoms in total. The van der Waals surface area contributed by atoms with E-state index in [0.29, 0.717) is 23.4 Å². The van der Waals surface area contributed by atoms with Gasteiger partial charge in [-0.25, -0.2) is 9.37 Å². The Kier molecular flexibility index (Phi) is 4.94. The zero-order valence-electron chi connectivity index (χ0n) is 13.2. The maximum atomic E-state index is 12.9. The molecule has 0 saturated carbocycles. The minimum atomic E-state index is -0.346. The van der Waals surface area contributed by atoms with Crippen molar-refractivity contribution >= 4 is 5.91 Å². The summed E-state index contributed by atoms with van der Waals surface area (Å²) in [6, 6.07) is 10.5. The molecule has 0 saturated heterocycles. The third-order valence-electron chi connectivity index (χ3n) is 3.58. The number of amides is 1. The number of pyridine rings is 1. The zero-order valence-corrected chi connectivity index (χ0v) is 13.2. The number of aromatic nitrogens is 3. The van der Waals surface area contributed by atoms with Crippen LogP contribution in [0.2, 0.25) is 0 Å². The molecule has 7 heteroatoms. The number of benzene rings is 1. The van der Waals surface area contributed by atoms with Gasteiger partial charge in [0.15, 0.2) is 0 Å². The second-order valence-corrected chi connectivity index (χ2v) is 5.31. The molecule has 126 valence electrons. The fraction of sp³-hybridized carbons (Fsp3) is 0.111.